The highest BCUT2D eigenvalue weighted by molar-refractivity contribution is 5.24. The Morgan fingerprint density at radius 1 is 1.00 bits per heavy atom. The van der Waals surface area contributed by atoms with E-state index < -0.39 is 0 Å². The van der Waals surface area contributed by atoms with Crippen molar-refractivity contribution in [2.75, 3.05) is 0 Å². The van der Waals surface area contributed by atoms with Gasteiger partial charge in [-0.1, -0.05) is 60.2 Å². The minimum atomic E-state index is -0.148. The van der Waals surface area contributed by atoms with Gasteiger partial charge in [0.1, 0.15) is 0 Å². The lowest BCUT2D eigenvalue weighted by Crippen LogP contribution is -2.29. The molecule has 3 atom stereocenters. The third kappa shape index (κ3) is 3.54. The molecule has 21 heavy (non-hydrogen) atoms. The molecule has 0 aromatic heterocycles. The van der Waals surface area contributed by atoms with E-state index in [0.29, 0.717) is 11.8 Å². The van der Waals surface area contributed by atoms with Crippen molar-refractivity contribution in [2.24, 2.45) is 5.92 Å². The fourth-order valence-corrected chi connectivity index (χ4v) is 3.64. The summed E-state index contributed by atoms with van der Waals surface area (Å²) >= 11 is 0. The summed E-state index contributed by atoms with van der Waals surface area (Å²) < 4.78 is 0. The first-order valence-corrected chi connectivity index (χ1v) is 8.01. The van der Waals surface area contributed by atoms with E-state index in [9.17, 15) is 5.11 Å². The van der Waals surface area contributed by atoms with E-state index in [0.717, 1.165) is 25.7 Å². The summed E-state index contributed by atoms with van der Waals surface area (Å²) in [5.41, 5.74) is 4.09. The summed E-state index contributed by atoms with van der Waals surface area (Å²) in [6.07, 6.45) is 3.97. The lowest BCUT2D eigenvalue weighted by Gasteiger charge is -2.34. The zero-order valence-corrected chi connectivity index (χ0v) is 12.7. The second-order valence-corrected chi connectivity index (χ2v) is 6.44. The smallest absolute Gasteiger partial charge is 0.0572 e. The Bertz CT molecular complexity index is 575. The van der Waals surface area contributed by atoms with Gasteiger partial charge in [-0.2, -0.15) is 0 Å². The molecule has 0 bridgehead atoms. The Morgan fingerprint density at radius 3 is 2.57 bits per heavy atom. The third-order valence-corrected chi connectivity index (χ3v) is 4.79. The number of hydrogen-bond donors (Lipinski definition) is 1. The van der Waals surface area contributed by atoms with Crippen LogP contribution in [0.25, 0.3) is 0 Å². The van der Waals surface area contributed by atoms with Crippen LogP contribution in [0.4, 0.5) is 0 Å². The van der Waals surface area contributed by atoms with E-state index in [1.54, 1.807) is 0 Å². The van der Waals surface area contributed by atoms with E-state index in [1.165, 1.54) is 16.7 Å². The first-order valence-electron chi connectivity index (χ1n) is 8.01. The molecule has 0 heterocycles. The fourth-order valence-electron chi connectivity index (χ4n) is 3.64. The molecule has 0 aliphatic heterocycles. The van der Waals surface area contributed by atoms with E-state index >= 15 is 0 Å². The lowest BCUT2D eigenvalue weighted by atomic mass is 9.74. The van der Waals surface area contributed by atoms with Crippen LogP contribution in [0.3, 0.4) is 0 Å². The van der Waals surface area contributed by atoms with Crippen molar-refractivity contribution in [1.82, 2.24) is 0 Å². The Morgan fingerprint density at radius 2 is 1.81 bits per heavy atom. The van der Waals surface area contributed by atoms with Crippen LogP contribution in [0.15, 0.2) is 54.6 Å². The molecule has 1 saturated carbocycles. The van der Waals surface area contributed by atoms with Crippen molar-refractivity contribution < 1.29 is 5.11 Å². The largest absolute Gasteiger partial charge is 0.393 e. The zero-order valence-electron chi connectivity index (χ0n) is 12.7. The molecule has 0 radical (unpaired) electrons. The molecule has 3 rings (SSSR count). The Hall–Kier alpha value is -1.60. The van der Waals surface area contributed by atoms with E-state index in [1.807, 2.05) is 0 Å². The molecule has 2 aromatic rings. The summed E-state index contributed by atoms with van der Waals surface area (Å²) in [5, 5.41) is 10.4. The normalized spacial score (nSPS) is 25.7. The van der Waals surface area contributed by atoms with Crippen LogP contribution in [0.2, 0.25) is 0 Å². The predicted molar refractivity (Wildman–Crippen MR) is 87.4 cm³/mol. The first-order chi connectivity index (χ1) is 10.2. The van der Waals surface area contributed by atoms with Gasteiger partial charge in [0.2, 0.25) is 0 Å². The average Bonchev–Trinajstić information content (AvgIpc) is 2.50. The highest BCUT2D eigenvalue weighted by atomic mass is 16.3. The predicted octanol–water partition coefficient (Wildman–Crippen LogP) is 4.48. The molecule has 3 unspecified atom stereocenters. The second-order valence-electron chi connectivity index (χ2n) is 6.44. The Balaban J connectivity index is 1.72. The molecule has 1 heteroatoms. The minimum absolute atomic E-state index is 0.148. The maximum absolute atomic E-state index is 10.4. The molecule has 1 nitrogen and oxygen atoms in total. The molecule has 0 saturated heterocycles. The summed E-state index contributed by atoms with van der Waals surface area (Å²) in [6, 6.07) is 19.5. The van der Waals surface area contributed by atoms with Gasteiger partial charge in [-0.25, -0.2) is 0 Å². The standard InChI is InChI=1S/C20H24O/c1-15-6-5-7-16(12-15)13-19-14-18(10-11-20(19)21)17-8-3-2-4-9-17/h2-9,12,18-21H,10-11,13-14H2,1H3. The molecule has 0 spiro atoms. The topological polar surface area (TPSA) is 20.2 Å². The highest BCUT2D eigenvalue weighted by Crippen LogP contribution is 2.37. The van der Waals surface area contributed by atoms with Crippen LogP contribution in [0.1, 0.15) is 41.9 Å². The van der Waals surface area contributed by atoms with Gasteiger partial charge < -0.3 is 5.11 Å². The summed E-state index contributed by atoms with van der Waals surface area (Å²) in [5.74, 6) is 0.982. The zero-order chi connectivity index (χ0) is 14.7. The number of aliphatic hydroxyl groups is 1. The van der Waals surface area contributed by atoms with Gasteiger partial charge in [0, 0.05) is 0 Å². The molecule has 1 fully saturated rings. The maximum atomic E-state index is 10.4. The average molecular weight is 280 g/mol. The van der Waals surface area contributed by atoms with Crippen LogP contribution in [-0.2, 0) is 6.42 Å². The lowest BCUT2D eigenvalue weighted by molar-refractivity contribution is 0.0619. The van der Waals surface area contributed by atoms with Crippen molar-refractivity contribution in [1.29, 1.82) is 0 Å². The Kier molecular flexibility index (Phi) is 4.40. The molecule has 110 valence electrons. The van der Waals surface area contributed by atoms with Gasteiger partial charge in [0.05, 0.1) is 6.10 Å². The molecule has 1 aliphatic rings. The second kappa shape index (κ2) is 6.44. The Labute approximate surface area is 127 Å². The van der Waals surface area contributed by atoms with Gasteiger partial charge in [-0.05, 0) is 55.6 Å². The van der Waals surface area contributed by atoms with Crippen LogP contribution >= 0.6 is 0 Å². The van der Waals surface area contributed by atoms with E-state index in [4.69, 9.17) is 0 Å². The van der Waals surface area contributed by atoms with Crippen molar-refractivity contribution >= 4 is 0 Å². The highest BCUT2D eigenvalue weighted by Gasteiger charge is 2.29. The van der Waals surface area contributed by atoms with Crippen molar-refractivity contribution in [3.63, 3.8) is 0 Å². The van der Waals surface area contributed by atoms with E-state index in [2.05, 4.69) is 61.5 Å². The van der Waals surface area contributed by atoms with Crippen molar-refractivity contribution in [3.8, 4) is 0 Å². The van der Waals surface area contributed by atoms with Gasteiger partial charge in [0.25, 0.3) is 0 Å². The van der Waals surface area contributed by atoms with Crippen LogP contribution < -0.4 is 0 Å². The number of aliphatic hydroxyl groups excluding tert-OH is 1. The van der Waals surface area contributed by atoms with Crippen LogP contribution in [0.5, 0.6) is 0 Å². The number of aryl methyl sites for hydroxylation is 1. The van der Waals surface area contributed by atoms with Crippen LogP contribution in [-0.4, -0.2) is 11.2 Å². The van der Waals surface area contributed by atoms with Crippen molar-refractivity contribution in [3.05, 3.63) is 71.3 Å². The third-order valence-electron chi connectivity index (χ3n) is 4.79. The summed E-state index contributed by atoms with van der Waals surface area (Å²) in [6.45, 7) is 2.13. The number of hydrogen-bond acceptors (Lipinski definition) is 1. The van der Waals surface area contributed by atoms with Crippen LogP contribution in [0, 0.1) is 12.8 Å². The first kappa shape index (κ1) is 14.3. The van der Waals surface area contributed by atoms with Crippen molar-refractivity contribution in [2.45, 2.75) is 44.6 Å². The molecule has 1 N–H and O–H groups in total. The monoisotopic (exact) mass is 280 g/mol. The van der Waals surface area contributed by atoms with Gasteiger partial charge >= 0.3 is 0 Å². The molecule has 0 amide bonds. The number of rotatable bonds is 3. The summed E-state index contributed by atoms with van der Waals surface area (Å²) in [4.78, 5) is 0. The minimum Gasteiger partial charge on any atom is -0.393 e. The summed E-state index contributed by atoms with van der Waals surface area (Å²) in [7, 11) is 0. The SMILES string of the molecule is Cc1cccc(CC2CC(c3ccccc3)CCC2O)c1. The number of benzene rings is 2. The van der Waals surface area contributed by atoms with Gasteiger partial charge in [-0.15, -0.1) is 0 Å². The molecule has 2 aromatic carbocycles. The maximum Gasteiger partial charge on any atom is 0.0572 e. The molecular weight excluding hydrogens is 256 g/mol. The van der Waals surface area contributed by atoms with E-state index in [-0.39, 0.29) is 6.10 Å². The molecular formula is C20H24O. The quantitative estimate of drug-likeness (QED) is 0.878. The van der Waals surface area contributed by atoms with Gasteiger partial charge in [0.15, 0.2) is 0 Å². The molecule has 1 aliphatic carbocycles. The fraction of sp³-hybridized carbons (Fsp3) is 0.400. The van der Waals surface area contributed by atoms with Gasteiger partial charge in [-0.3, -0.25) is 0 Å².